The van der Waals surface area contributed by atoms with E-state index in [1.807, 2.05) is 30.3 Å². The highest BCUT2D eigenvalue weighted by atomic mass is 14.4. The number of nitriles is 2. The lowest BCUT2D eigenvalue weighted by Gasteiger charge is -2.28. The second-order valence-corrected chi connectivity index (χ2v) is 5.01. The van der Waals surface area contributed by atoms with Crippen LogP contribution in [-0.4, -0.2) is 0 Å². The minimum absolute atomic E-state index is 0.0381. The molecule has 0 spiro atoms. The van der Waals surface area contributed by atoms with Crippen molar-refractivity contribution in [3.05, 3.63) is 35.9 Å². The Morgan fingerprint density at radius 2 is 1.47 bits per heavy atom. The summed E-state index contributed by atoms with van der Waals surface area (Å²) in [4.78, 5) is 0. The molecule has 1 atom stereocenters. The zero-order chi connectivity index (χ0) is 14.1. The van der Waals surface area contributed by atoms with Crippen LogP contribution < -0.4 is 0 Å². The van der Waals surface area contributed by atoms with Gasteiger partial charge in [0.2, 0.25) is 0 Å². The Morgan fingerprint density at radius 3 is 1.89 bits per heavy atom. The molecule has 0 saturated carbocycles. The number of hydrogen-bond acceptors (Lipinski definition) is 2. The first-order valence-electron chi connectivity index (χ1n) is 7.12. The third kappa shape index (κ3) is 4.11. The summed E-state index contributed by atoms with van der Waals surface area (Å²) in [5.74, 6) is -0.0942. The van der Waals surface area contributed by atoms with Gasteiger partial charge in [-0.2, -0.15) is 10.5 Å². The summed E-state index contributed by atoms with van der Waals surface area (Å²) in [7, 11) is 0. The Bertz CT molecular complexity index is 419. The molecule has 0 bridgehead atoms. The predicted molar refractivity (Wildman–Crippen MR) is 77.2 cm³/mol. The van der Waals surface area contributed by atoms with E-state index in [-0.39, 0.29) is 5.92 Å². The molecule has 0 aromatic heterocycles. The molecule has 19 heavy (non-hydrogen) atoms. The second-order valence-electron chi connectivity index (χ2n) is 5.01. The molecule has 2 nitrogen and oxygen atoms in total. The summed E-state index contributed by atoms with van der Waals surface area (Å²) in [6.45, 7) is 4.33. The Kier molecular flexibility index (Phi) is 6.69. The third-order valence-electron chi connectivity index (χ3n) is 3.65. The summed E-state index contributed by atoms with van der Waals surface area (Å²) in [6, 6.07) is 14.4. The molecule has 0 aliphatic rings. The lowest BCUT2D eigenvalue weighted by atomic mass is 9.74. The van der Waals surface area contributed by atoms with Gasteiger partial charge in [-0.25, -0.2) is 0 Å². The molecule has 1 aromatic carbocycles. The topological polar surface area (TPSA) is 47.6 Å². The highest BCUT2D eigenvalue weighted by Crippen LogP contribution is 2.37. The van der Waals surface area contributed by atoms with Crippen molar-refractivity contribution in [1.29, 1.82) is 10.5 Å². The van der Waals surface area contributed by atoms with Crippen molar-refractivity contribution >= 4 is 0 Å². The molecule has 0 radical (unpaired) electrons. The van der Waals surface area contributed by atoms with Gasteiger partial charge < -0.3 is 0 Å². The van der Waals surface area contributed by atoms with Crippen LogP contribution in [0.5, 0.6) is 0 Å². The summed E-state index contributed by atoms with van der Waals surface area (Å²) >= 11 is 0. The Labute approximate surface area is 116 Å². The van der Waals surface area contributed by atoms with Crippen molar-refractivity contribution in [1.82, 2.24) is 0 Å². The maximum atomic E-state index is 9.27. The van der Waals surface area contributed by atoms with E-state index in [9.17, 15) is 10.5 Å². The van der Waals surface area contributed by atoms with E-state index in [0.717, 1.165) is 31.2 Å². The first-order valence-corrected chi connectivity index (χ1v) is 7.12. The zero-order valence-corrected chi connectivity index (χ0v) is 11.8. The third-order valence-corrected chi connectivity index (χ3v) is 3.65. The van der Waals surface area contributed by atoms with Gasteiger partial charge in [-0.05, 0) is 11.5 Å². The van der Waals surface area contributed by atoms with Crippen LogP contribution in [-0.2, 0) is 0 Å². The van der Waals surface area contributed by atoms with E-state index >= 15 is 0 Å². The first kappa shape index (κ1) is 15.3. The van der Waals surface area contributed by atoms with E-state index in [4.69, 9.17) is 0 Å². The molecule has 0 aliphatic heterocycles. The van der Waals surface area contributed by atoms with Gasteiger partial charge in [-0.1, -0.05) is 69.9 Å². The average Bonchev–Trinajstić information content (AvgIpc) is 2.45. The molecule has 100 valence electrons. The molecule has 0 heterocycles. The van der Waals surface area contributed by atoms with Gasteiger partial charge in [-0.3, -0.25) is 0 Å². The molecule has 1 unspecified atom stereocenters. The maximum absolute atomic E-state index is 9.27. The van der Waals surface area contributed by atoms with Gasteiger partial charge in [0, 0.05) is 5.92 Å². The summed E-state index contributed by atoms with van der Waals surface area (Å²) in [5, 5.41) is 18.5. The molecule has 0 fully saturated rings. The molecule has 1 rings (SSSR count). The SMILES string of the molecule is CCCC(CCC)C(c1ccccc1)C(C#N)C#N. The number of nitrogens with zero attached hydrogens (tertiary/aromatic N) is 2. The summed E-state index contributed by atoms with van der Waals surface area (Å²) in [5.41, 5.74) is 1.13. The summed E-state index contributed by atoms with van der Waals surface area (Å²) < 4.78 is 0. The van der Waals surface area contributed by atoms with E-state index in [2.05, 4.69) is 26.0 Å². The second kappa shape index (κ2) is 8.33. The largest absolute Gasteiger partial charge is 0.197 e. The smallest absolute Gasteiger partial charge is 0.140 e. The van der Waals surface area contributed by atoms with Crippen molar-refractivity contribution < 1.29 is 0 Å². The van der Waals surface area contributed by atoms with Crippen LogP contribution in [0.25, 0.3) is 0 Å². The molecular weight excluding hydrogens is 232 g/mol. The molecule has 0 aliphatic carbocycles. The fraction of sp³-hybridized carbons (Fsp3) is 0.529. The van der Waals surface area contributed by atoms with Gasteiger partial charge in [0.05, 0.1) is 12.1 Å². The van der Waals surface area contributed by atoms with Crippen molar-refractivity contribution in [2.45, 2.75) is 45.4 Å². The Balaban J connectivity index is 3.11. The van der Waals surface area contributed by atoms with Crippen molar-refractivity contribution in [2.75, 3.05) is 0 Å². The lowest BCUT2D eigenvalue weighted by molar-refractivity contribution is 0.338. The van der Waals surface area contributed by atoms with Gasteiger partial charge in [0.15, 0.2) is 0 Å². The van der Waals surface area contributed by atoms with Gasteiger partial charge in [-0.15, -0.1) is 0 Å². The zero-order valence-electron chi connectivity index (χ0n) is 11.8. The Hall–Kier alpha value is -1.80. The van der Waals surface area contributed by atoms with Crippen LogP contribution in [0.15, 0.2) is 30.3 Å². The predicted octanol–water partition coefficient (Wildman–Crippen LogP) is 4.65. The van der Waals surface area contributed by atoms with Crippen molar-refractivity contribution in [3.63, 3.8) is 0 Å². The number of rotatable bonds is 7. The molecule has 1 aromatic rings. The Morgan fingerprint density at radius 1 is 0.947 bits per heavy atom. The molecule has 0 saturated heterocycles. The van der Waals surface area contributed by atoms with Gasteiger partial charge >= 0.3 is 0 Å². The van der Waals surface area contributed by atoms with Crippen LogP contribution in [0.1, 0.15) is 51.0 Å². The standard InChI is InChI=1S/C17H22N2/c1-3-8-14(9-4-2)17(16(12-18)13-19)15-10-6-5-7-11-15/h5-7,10-11,14,16-17H,3-4,8-9H2,1-2H3. The van der Waals surface area contributed by atoms with Gasteiger partial charge in [0.25, 0.3) is 0 Å². The average molecular weight is 254 g/mol. The highest BCUT2D eigenvalue weighted by Gasteiger charge is 2.30. The van der Waals surface area contributed by atoms with Crippen LogP contribution in [0, 0.1) is 34.5 Å². The van der Waals surface area contributed by atoms with Crippen LogP contribution in [0.4, 0.5) is 0 Å². The van der Waals surface area contributed by atoms with Crippen LogP contribution >= 0.6 is 0 Å². The molecular formula is C17H22N2. The molecule has 0 amide bonds. The maximum Gasteiger partial charge on any atom is 0.140 e. The first-order chi connectivity index (χ1) is 9.28. The van der Waals surface area contributed by atoms with E-state index in [0.29, 0.717) is 5.92 Å². The van der Waals surface area contributed by atoms with Crippen LogP contribution in [0.3, 0.4) is 0 Å². The molecule has 0 N–H and O–H groups in total. The van der Waals surface area contributed by atoms with Crippen molar-refractivity contribution in [2.24, 2.45) is 11.8 Å². The fourth-order valence-corrected chi connectivity index (χ4v) is 2.85. The summed E-state index contributed by atoms with van der Waals surface area (Å²) in [6.07, 6.45) is 4.34. The minimum Gasteiger partial charge on any atom is -0.197 e. The molecule has 2 heteroatoms. The normalized spacial score (nSPS) is 12.1. The van der Waals surface area contributed by atoms with Gasteiger partial charge in [0.1, 0.15) is 5.92 Å². The quantitative estimate of drug-likeness (QED) is 0.711. The minimum atomic E-state index is -0.550. The van der Waals surface area contributed by atoms with Crippen molar-refractivity contribution in [3.8, 4) is 12.1 Å². The van der Waals surface area contributed by atoms with E-state index in [1.54, 1.807) is 0 Å². The monoisotopic (exact) mass is 254 g/mol. The lowest BCUT2D eigenvalue weighted by Crippen LogP contribution is -2.20. The highest BCUT2D eigenvalue weighted by molar-refractivity contribution is 5.26. The fourth-order valence-electron chi connectivity index (χ4n) is 2.85. The van der Waals surface area contributed by atoms with Crippen LogP contribution in [0.2, 0.25) is 0 Å². The van der Waals surface area contributed by atoms with E-state index in [1.165, 1.54) is 0 Å². The van der Waals surface area contributed by atoms with E-state index < -0.39 is 5.92 Å². The number of hydrogen-bond donors (Lipinski definition) is 0. The number of benzene rings is 1.